The monoisotopic (exact) mass is 272 g/mol. The van der Waals surface area contributed by atoms with E-state index in [1.54, 1.807) is 0 Å². The van der Waals surface area contributed by atoms with Crippen LogP contribution in [0.5, 0.6) is 0 Å². The van der Waals surface area contributed by atoms with Crippen LogP contribution >= 0.6 is 0 Å². The number of amides is 2. The number of aliphatic carboxylic acids is 1. The third-order valence-corrected chi connectivity index (χ3v) is 1.96. The van der Waals surface area contributed by atoms with Gasteiger partial charge in [-0.25, -0.2) is 9.59 Å². The van der Waals surface area contributed by atoms with Crippen molar-refractivity contribution in [2.75, 3.05) is 13.2 Å². The smallest absolute Gasteiger partial charge is 0.389 e. The molecule has 9 heteroatoms. The lowest BCUT2D eigenvalue weighted by molar-refractivity contribution is -0.140. The highest BCUT2D eigenvalue weighted by Gasteiger charge is 2.25. The Bertz CT molecular complexity index is 283. The van der Waals surface area contributed by atoms with Gasteiger partial charge in [0.25, 0.3) is 0 Å². The Morgan fingerprint density at radius 3 is 2.28 bits per heavy atom. The minimum Gasteiger partial charge on any atom is -0.480 e. The van der Waals surface area contributed by atoms with Gasteiger partial charge < -0.3 is 20.8 Å². The summed E-state index contributed by atoms with van der Waals surface area (Å²) in [5.41, 5.74) is 0. The fourth-order valence-corrected chi connectivity index (χ4v) is 1.05. The molecule has 106 valence electrons. The molecule has 6 nitrogen and oxygen atoms in total. The van der Waals surface area contributed by atoms with Crippen molar-refractivity contribution in [2.24, 2.45) is 0 Å². The van der Waals surface area contributed by atoms with Crippen LogP contribution in [0.2, 0.25) is 0 Å². The summed E-state index contributed by atoms with van der Waals surface area (Å²) in [6.07, 6.45) is -5.13. The Hall–Kier alpha value is -1.51. The second-order valence-corrected chi connectivity index (χ2v) is 3.55. The van der Waals surface area contributed by atoms with Gasteiger partial charge in [0, 0.05) is 13.0 Å². The van der Waals surface area contributed by atoms with Gasteiger partial charge in [0.05, 0.1) is 6.61 Å². The number of aliphatic hydroxyl groups excluding tert-OH is 1. The number of rotatable bonds is 7. The van der Waals surface area contributed by atoms with Gasteiger partial charge in [0.1, 0.15) is 0 Å². The van der Waals surface area contributed by atoms with Crippen LogP contribution in [0.4, 0.5) is 18.0 Å². The molecule has 0 spiro atoms. The average molecular weight is 272 g/mol. The number of urea groups is 1. The highest BCUT2D eigenvalue weighted by atomic mass is 19.4. The van der Waals surface area contributed by atoms with E-state index in [0.29, 0.717) is 0 Å². The summed E-state index contributed by atoms with van der Waals surface area (Å²) in [6.45, 7) is -0.767. The van der Waals surface area contributed by atoms with Crippen molar-refractivity contribution >= 4 is 12.0 Å². The van der Waals surface area contributed by atoms with Crippen molar-refractivity contribution in [3.8, 4) is 0 Å². The first-order chi connectivity index (χ1) is 8.26. The molecule has 0 unspecified atom stereocenters. The van der Waals surface area contributed by atoms with E-state index in [4.69, 9.17) is 10.2 Å². The first-order valence-electron chi connectivity index (χ1n) is 5.21. The second kappa shape index (κ2) is 7.75. The fourth-order valence-electron chi connectivity index (χ4n) is 1.05. The van der Waals surface area contributed by atoms with Crippen molar-refractivity contribution in [3.05, 3.63) is 0 Å². The molecule has 0 radical (unpaired) electrons. The zero-order valence-corrected chi connectivity index (χ0v) is 9.46. The normalized spacial score (nSPS) is 12.9. The lowest BCUT2D eigenvalue weighted by Gasteiger charge is -2.12. The van der Waals surface area contributed by atoms with Crippen LogP contribution in [0.1, 0.15) is 19.3 Å². The number of nitrogens with one attached hydrogen (secondary N) is 2. The van der Waals surface area contributed by atoms with Crippen molar-refractivity contribution < 1.29 is 33.0 Å². The lowest BCUT2D eigenvalue weighted by Crippen LogP contribution is -2.48. The molecule has 0 aromatic carbocycles. The first-order valence-corrected chi connectivity index (χ1v) is 5.21. The van der Waals surface area contributed by atoms with Crippen LogP contribution in [-0.4, -0.2) is 47.6 Å². The number of hydrogen-bond donors (Lipinski definition) is 4. The molecule has 4 N–H and O–H groups in total. The number of alkyl halides is 3. The van der Waals surface area contributed by atoms with E-state index in [-0.39, 0.29) is 19.4 Å². The number of carbonyl (C=O) groups is 2. The van der Waals surface area contributed by atoms with E-state index >= 15 is 0 Å². The third kappa shape index (κ3) is 8.62. The number of carboxylic acids is 1. The summed E-state index contributed by atoms with van der Waals surface area (Å²) in [6, 6.07) is -2.27. The Labute approximate surface area is 101 Å². The SMILES string of the molecule is O=C(NCCCCC(F)(F)F)N[C@H](CO)C(=O)O. The topological polar surface area (TPSA) is 98.7 Å². The van der Waals surface area contributed by atoms with Gasteiger partial charge in [0.2, 0.25) is 0 Å². The van der Waals surface area contributed by atoms with Crippen LogP contribution in [0.15, 0.2) is 0 Å². The standard InChI is InChI=1S/C9H15F3N2O4/c10-9(11,12)3-1-2-4-13-8(18)14-6(5-15)7(16)17/h6,15H,1-5H2,(H,16,17)(H2,13,14,18)/t6-/m1/s1. The van der Waals surface area contributed by atoms with Gasteiger partial charge in [0.15, 0.2) is 6.04 Å². The molecule has 0 heterocycles. The molecule has 0 saturated heterocycles. The van der Waals surface area contributed by atoms with Crippen LogP contribution in [0.25, 0.3) is 0 Å². The molecule has 0 bridgehead atoms. The van der Waals surface area contributed by atoms with E-state index in [2.05, 4.69) is 5.32 Å². The van der Waals surface area contributed by atoms with Gasteiger partial charge in [-0.15, -0.1) is 0 Å². The predicted molar refractivity (Wildman–Crippen MR) is 55.0 cm³/mol. The summed E-state index contributed by atoms with van der Waals surface area (Å²) in [5, 5.41) is 21.2. The van der Waals surface area contributed by atoms with Gasteiger partial charge in [-0.3, -0.25) is 0 Å². The maximum Gasteiger partial charge on any atom is 0.389 e. The average Bonchev–Trinajstić information content (AvgIpc) is 2.23. The highest BCUT2D eigenvalue weighted by molar-refractivity contribution is 5.82. The predicted octanol–water partition coefficient (Wildman–Crippen LogP) is 0.464. The highest BCUT2D eigenvalue weighted by Crippen LogP contribution is 2.21. The second-order valence-electron chi connectivity index (χ2n) is 3.55. The molecule has 0 aromatic rings. The maximum absolute atomic E-state index is 11.8. The number of carbonyl (C=O) groups excluding carboxylic acids is 1. The van der Waals surface area contributed by atoms with Crippen molar-refractivity contribution in [1.29, 1.82) is 0 Å². The van der Waals surface area contributed by atoms with Gasteiger partial charge >= 0.3 is 18.2 Å². The summed E-state index contributed by atoms with van der Waals surface area (Å²) >= 11 is 0. The van der Waals surface area contributed by atoms with E-state index in [1.807, 2.05) is 5.32 Å². The minimum atomic E-state index is -4.21. The summed E-state index contributed by atoms with van der Waals surface area (Å²) in [4.78, 5) is 21.5. The molecule has 2 amide bonds. The summed E-state index contributed by atoms with van der Waals surface area (Å²) in [5.74, 6) is -1.40. The van der Waals surface area contributed by atoms with E-state index in [1.165, 1.54) is 0 Å². The molecule has 0 aliphatic heterocycles. The van der Waals surface area contributed by atoms with Crippen LogP contribution in [0, 0.1) is 0 Å². The maximum atomic E-state index is 11.8. The molecule has 0 saturated carbocycles. The molecule has 18 heavy (non-hydrogen) atoms. The van der Waals surface area contributed by atoms with Crippen LogP contribution < -0.4 is 10.6 Å². The van der Waals surface area contributed by atoms with Crippen molar-refractivity contribution in [3.63, 3.8) is 0 Å². The summed E-state index contributed by atoms with van der Waals surface area (Å²) < 4.78 is 35.3. The molecule has 0 fully saturated rings. The Morgan fingerprint density at radius 1 is 1.22 bits per heavy atom. The zero-order chi connectivity index (χ0) is 14.2. The van der Waals surface area contributed by atoms with Gasteiger partial charge in [-0.05, 0) is 12.8 Å². The van der Waals surface area contributed by atoms with Crippen LogP contribution in [0.3, 0.4) is 0 Å². The molecule has 0 aromatic heterocycles. The Kier molecular flexibility index (Phi) is 7.10. The zero-order valence-electron chi connectivity index (χ0n) is 9.46. The van der Waals surface area contributed by atoms with E-state index < -0.39 is 37.2 Å². The van der Waals surface area contributed by atoms with Gasteiger partial charge in [-0.1, -0.05) is 0 Å². The lowest BCUT2D eigenvalue weighted by atomic mass is 10.2. The fraction of sp³-hybridized carbons (Fsp3) is 0.778. The van der Waals surface area contributed by atoms with E-state index in [9.17, 15) is 22.8 Å². The number of unbranched alkanes of at least 4 members (excludes halogenated alkanes) is 1. The number of aliphatic hydroxyl groups is 1. The van der Waals surface area contributed by atoms with Crippen LogP contribution in [-0.2, 0) is 4.79 Å². The van der Waals surface area contributed by atoms with Gasteiger partial charge in [-0.2, -0.15) is 13.2 Å². The largest absolute Gasteiger partial charge is 0.480 e. The Morgan fingerprint density at radius 2 is 1.83 bits per heavy atom. The molecule has 1 atom stereocenters. The molecular weight excluding hydrogens is 257 g/mol. The number of halogens is 3. The summed E-state index contributed by atoms with van der Waals surface area (Å²) in [7, 11) is 0. The quantitative estimate of drug-likeness (QED) is 0.506. The third-order valence-electron chi connectivity index (χ3n) is 1.96. The molecule has 0 aliphatic carbocycles. The number of carboxylic acid groups (broad SMARTS) is 1. The molecule has 0 aliphatic rings. The van der Waals surface area contributed by atoms with E-state index in [0.717, 1.165) is 0 Å². The molecule has 0 rings (SSSR count). The van der Waals surface area contributed by atoms with Crippen molar-refractivity contribution in [1.82, 2.24) is 10.6 Å². The number of hydrogen-bond acceptors (Lipinski definition) is 3. The first kappa shape index (κ1) is 16.5. The molecular formula is C9H15F3N2O4. The Balaban J connectivity index is 3.68. The minimum absolute atomic E-state index is 0.000317. The van der Waals surface area contributed by atoms with Crippen molar-refractivity contribution in [2.45, 2.75) is 31.5 Å².